The number of benzene rings is 1. The summed E-state index contributed by atoms with van der Waals surface area (Å²) in [5.41, 5.74) is 2.20. The van der Waals surface area contributed by atoms with E-state index in [1.807, 2.05) is 13.0 Å². The summed E-state index contributed by atoms with van der Waals surface area (Å²) < 4.78 is 0. The number of aryl methyl sites for hydroxylation is 1. The van der Waals surface area contributed by atoms with Crippen LogP contribution in [0.1, 0.15) is 56.9 Å². The lowest BCUT2D eigenvalue weighted by atomic mass is 9.85. The number of amides is 1. The molecule has 4 nitrogen and oxygen atoms in total. The topological polar surface area (TPSA) is 35.6 Å². The van der Waals surface area contributed by atoms with Gasteiger partial charge < -0.3 is 10.2 Å². The molecule has 1 aromatic rings. The summed E-state index contributed by atoms with van der Waals surface area (Å²) in [6, 6.07) is 7.40. The number of hydrogen-bond donors (Lipinski definition) is 1. The number of anilines is 1. The van der Waals surface area contributed by atoms with Crippen molar-refractivity contribution in [3.8, 4) is 0 Å². The second-order valence-corrected chi connectivity index (χ2v) is 9.36. The summed E-state index contributed by atoms with van der Waals surface area (Å²) in [5, 5.41) is 4.42. The molecule has 3 aliphatic rings. The Morgan fingerprint density at radius 3 is 2.32 bits per heavy atom. The highest BCUT2D eigenvalue weighted by Crippen LogP contribution is 2.30. The van der Waals surface area contributed by atoms with Crippen molar-refractivity contribution in [1.82, 2.24) is 9.80 Å². The van der Waals surface area contributed by atoms with Crippen molar-refractivity contribution in [3.63, 3.8) is 0 Å². The summed E-state index contributed by atoms with van der Waals surface area (Å²) >= 11 is 6.24. The monoisotopic (exact) mass is 403 g/mol. The fourth-order valence-electron chi connectivity index (χ4n) is 5.24. The van der Waals surface area contributed by atoms with Gasteiger partial charge in [-0.25, -0.2) is 0 Å². The molecule has 1 N–H and O–H groups in total. The number of nitrogens with one attached hydrogen (secondary N) is 1. The van der Waals surface area contributed by atoms with Crippen molar-refractivity contribution in [2.24, 2.45) is 5.92 Å². The first-order valence-electron chi connectivity index (χ1n) is 11.2. The zero-order valence-electron chi connectivity index (χ0n) is 17.1. The van der Waals surface area contributed by atoms with Crippen LogP contribution in [0.3, 0.4) is 0 Å². The quantitative estimate of drug-likeness (QED) is 0.790. The molecular formula is C23H34ClN3O. The minimum atomic E-state index is 0.220. The molecule has 1 heterocycles. The zero-order chi connectivity index (χ0) is 19.5. The van der Waals surface area contributed by atoms with Crippen LogP contribution < -0.4 is 5.32 Å². The molecule has 0 radical (unpaired) electrons. The van der Waals surface area contributed by atoms with E-state index in [9.17, 15) is 4.79 Å². The number of halogens is 1. The van der Waals surface area contributed by atoms with Gasteiger partial charge in [0.25, 0.3) is 0 Å². The van der Waals surface area contributed by atoms with Crippen LogP contribution in [-0.4, -0.2) is 54.0 Å². The molecular weight excluding hydrogens is 370 g/mol. The van der Waals surface area contributed by atoms with E-state index in [0.717, 1.165) is 74.2 Å². The van der Waals surface area contributed by atoms with Crippen LogP contribution in [0.2, 0.25) is 5.02 Å². The number of carbonyl (C=O) groups excluding carboxylic acids is 1. The first kappa shape index (κ1) is 20.0. The molecule has 0 unspecified atom stereocenters. The predicted molar refractivity (Wildman–Crippen MR) is 116 cm³/mol. The molecule has 1 aliphatic heterocycles. The number of piperazine rings is 1. The predicted octanol–water partition coefficient (Wildman–Crippen LogP) is 4.71. The summed E-state index contributed by atoms with van der Waals surface area (Å²) in [7, 11) is 0. The van der Waals surface area contributed by atoms with E-state index in [1.54, 1.807) is 0 Å². The van der Waals surface area contributed by atoms with Crippen molar-refractivity contribution in [2.45, 2.75) is 70.4 Å². The normalized spacial score (nSPS) is 27.1. The van der Waals surface area contributed by atoms with E-state index in [2.05, 4.69) is 27.2 Å². The van der Waals surface area contributed by atoms with Crippen LogP contribution in [0.4, 0.5) is 5.69 Å². The van der Waals surface area contributed by atoms with E-state index in [4.69, 9.17) is 11.6 Å². The van der Waals surface area contributed by atoms with Crippen LogP contribution in [0.25, 0.3) is 0 Å². The van der Waals surface area contributed by atoms with Crippen molar-refractivity contribution >= 4 is 23.2 Å². The van der Waals surface area contributed by atoms with Gasteiger partial charge >= 0.3 is 0 Å². The summed E-state index contributed by atoms with van der Waals surface area (Å²) in [6.45, 7) is 6.02. The molecule has 28 heavy (non-hydrogen) atoms. The second-order valence-electron chi connectivity index (χ2n) is 8.96. The molecule has 0 bridgehead atoms. The Morgan fingerprint density at radius 1 is 1.00 bits per heavy atom. The molecule has 0 spiro atoms. The van der Waals surface area contributed by atoms with Crippen LogP contribution in [0.5, 0.6) is 0 Å². The van der Waals surface area contributed by atoms with Gasteiger partial charge in [0.05, 0.1) is 0 Å². The second kappa shape index (κ2) is 9.04. The number of carbonyl (C=O) groups is 1. The first-order valence-corrected chi connectivity index (χ1v) is 11.5. The minimum Gasteiger partial charge on any atom is -0.382 e. The Balaban J connectivity index is 1.22. The molecule has 4 rings (SSSR count). The van der Waals surface area contributed by atoms with Crippen LogP contribution in [0.15, 0.2) is 18.2 Å². The standard InChI is InChI=1S/C23H34ClN3O/c1-17-6-9-20(16-22(17)24)25-19-10-7-18(8-11-19)23(28)27-14-12-26(13-15-27)21-4-2-3-5-21/h6,9,16,18-19,21,25H,2-5,7-8,10-15H2,1H3/t18-,19-. The van der Waals surface area contributed by atoms with Gasteiger partial charge in [-0.1, -0.05) is 30.5 Å². The number of nitrogens with zero attached hydrogens (tertiary/aromatic N) is 2. The van der Waals surface area contributed by atoms with E-state index in [1.165, 1.54) is 25.7 Å². The van der Waals surface area contributed by atoms with E-state index in [-0.39, 0.29) is 5.92 Å². The lowest BCUT2D eigenvalue weighted by Gasteiger charge is -2.40. The summed E-state index contributed by atoms with van der Waals surface area (Å²) in [4.78, 5) is 17.8. The molecule has 0 aromatic heterocycles. The Hall–Kier alpha value is -1.26. The van der Waals surface area contributed by atoms with E-state index < -0.39 is 0 Å². The fourth-order valence-corrected chi connectivity index (χ4v) is 5.42. The minimum absolute atomic E-state index is 0.220. The zero-order valence-corrected chi connectivity index (χ0v) is 17.9. The summed E-state index contributed by atoms with van der Waals surface area (Å²) in [5.74, 6) is 0.626. The Kier molecular flexibility index (Phi) is 6.47. The molecule has 3 fully saturated rings. The SMILES string of the molecule is Cc1ccc(N[C@H]2CC[C@H](C(=O)N3CCN(C4CCCC4)CC3)CC2)cc1Cl. The fraction of sp³-hybridized carbons (Fsp3) is 0.696. The molecule has 1 saturated heterocycles. The maximum Gasteiger partial charge on any atom is 0.225 e. The third-order valence-corrected chi connectivity index (χ3v) is 7.49. The van der Waals surface area contributed by atoms with E-state index in [0.29, 0.717) is 11.9 Å². The average molecular weight is 404 g/mol. The van der Waals surface area contributed by atoms with Gasteiger partial charge in [-0.15, -0.1) is 0 Å². The Labute approximate surface area is 174 Å². The average Bonchev–Trinajstić information content (AvgIpc) is 3.26. The van der Waals surface area contributed by atoms with Gasteiger partial charge in [-0.2, -0.15) is 0 Å². The summed E-state index contributed by atoms with van der Waals surface area (Å²) in [6.07, 6.45) is 9.60. The van der Waals surface area contributed by atoms with Gasteiger partial charge in [0.1, 0.15) is 0 Å². The van der Waals surface area contributed by atoms with Crippen LogP contribution in [0, 0.1) is 12.8 Å². The molecule has 154 valence electrons. The van der Waals surface area contributed by atoms with Crippen LogP contribution in [-0.2, 0) is 4.79 Å². The number of hydrogen-bond acceptors (Lipinski definition) is 3. The third kappa shape index (κ3) is 4.65. The third-order valence-electron chi connectivity index (χ3n) is 7.09. The highest BCUT2D eigenvalue weighted by Gasteiger charge is 2.32. The lowest BCUT2D eigenvalue weighted by Crippen LogP contribution is -2.53. The van der Waals surface area contributed by atoms with Crippen molar-refractivity contribution < 1.29 is 4.79 Å². The van der Waals surface area contributed by atoms with Crippen molar-refractivity contribution in [1.29, 1.82) is 0 Å². The highest BCUT2D eigenvalue weighted by molar-refractivity contribution is 6.31. The van der Waals surface area contributed by atoms with Gasteiger partial charge in [-0.3, -0.25) is 9.69 Å². The largest absolute Gasteiger partial charge is 0.382 e. The van der Waals surface area contributed by atoms with Gasteiger partial charge in [0, 0.05) is 54.9 Å². The molecule has 2 aliphatic carbocycles. The van der Waals surface area contributed by atoms with Gasteiger partial charge in [0.2, 0.25) is 5.91 Å². The molecule has 0 atom stereocenters. The number of rotatable bonds is 4. The smallest absolute Gasteiger partial charge is 0.225 e. The lowest BCUT2D eigenvalue weighted by molar-refractivity contribution is -0.138. The van der Waals surface area contributed by atoms with Crippen molar-refractivity contribution in [3.05, 3.63) is 28.8 Å². The molecule has 5 heteroatoms. The molecule has 2 saturated carbocycles. The van der Waals surface area contributed by atoms with E-state index >= 15 is 0 Å². The molecule has 1 amide bonds. The highest BCUT2D eigenvalue weighted by atomic mass is 35.5. The molecule has 1 aromatic carbocycles. The van der Waals surface area contributed by atoms with Crippen LogP contribution >= 0.6 is 11.6 Å². The Bertz CT molecular complexity index is 672. The van der Waals surface area contributed by atoms with Gasteiger partial charge in [-0.05, 0) is 63.1 Å². The maximum absolute atomic E-state index is 13.0. The maximum atomic E-state index is 13.0. The Morgan fingerprint density at radius 2 is 1.68 bits per heavy atom. The van der Waals surface area contributed by atoms with Gasteiger partial charge in [0.15, 0.2) is 0 Å². The first-order chi connectivity index (χ1) is 13.6. The van der Waals surface area contributed by atoms with Crippen molar-refractivity contribution in [2.75, 3.05) is 31.5 Å².